The molecule has 0 amide bonds. The van der Waals surface area contributed by atoms with Gasteiger partial charge in [0.2, 0.25) is 7.37 Å². The van der Waals surface area contributed by atoms with E-state index in [0.29, 0.717) is 18.7 Å². The molecule has 0 aliphatic heterocycles. The lowest BCUT2D eigenvalue weighted by atomic mass is 9.94. The molecule has 0 saturated heterocycles. The van der Waals surface area contributed by atoms with Crippen molar-refractivity contribution in [1.82, 2.24) is 9.97 Å². The lowest BCUT2D eigenvalue weighted by molar-refractivity contribution is -0.138. The van der Waals surface area contributed by atoms with Gasteiger partial charge < -0.3 is 14.7 Å². The molecule has 0 aliphatic carbocycles. The summed E-state index contributed by atoms with van der Waals surface area (Å²) in [5, 5.41) is 18.9. The van der Waals surface area contributed by atoms with Gasteiger partial charge in [-0.25, -0.2) is 14.4 Å². The minimum absolute atomic E-state index is 0.0412. The fourth-order valence-corrected chi connectivity index (χ4v) is 5.84. The summed E-state index contributed by atoms with van der Waals surface area (Å²) in [4.78, 5) is 20.2. The number of carboxylic acids is 1. The monoisotopic (exact) mass is 500 g/mol. The third-order valence-electron chi connectivity index (χ3n) is 5.81. The third kappa shape index (κ3) is 7.79. The van der Waals surface area contributed by atoms with Gasteiger partial charge in [-0.05, 0) is 36.1 Å². The van der Waals surface area contributed by atoms with Crippen molar-refractivity contribution in [2.45, 2.75) is 38.2 Å². The van der Waals surface area contributed by atoms with Crippen LogP contribution in [0.5, 0.6) is 0 Å². The second-order valence-electron chi connectivity index (χ2n) is 8.61. The molecule has 2 unspecified atom stereocenters. The zero-order chi connectivity index (χ0) is 25.4. The van der Waals surface area contributed by atoms with Crippen LogP contribution in [0.15, 0.2) is 60.8 Å². The average molecular weight is 501 g/mol. The molecule has 3 aromatic rings. The summed E-state index contributed by atoms with van der Waals surface area (Å²) in [6.07, 6.45) is 0.804. The predicted octanol–water partition coefficient (Wildman–Crippen LogP) is 4.93. The number of hydrogen-bond acceptors (Lipinski definition) is 6. The van der Waals surface area contributed by atoms with E-state index >= 15 is 0 Å². The topological polar surface area (TPSA) is 110 Å². The van der Waals surface area contributed by atoms with Crippen LogP contribution in [0.1, 0.15) is 36.1 Å². The number of carboxylic acid groups (broad SMARTS) is 1. The third-order valence-corrected chi connectivity index (χ3v) is 8.35. The van der Waals surface area contributed by atoms with E-state index in [1.807, 2.05) is 37.3 Å². The Morgan fingerprint density at radius 3 is 2.46 bits per heavy atom. The lowest BCUT2D eigenvalue weighted by Gasteiger charge is -2.21. The second-order valence-corrected chi connectivity index (χ2v) is 11.4. The fourth-order valence-electron chi connectivity index (χ4n) is 3.97. The maximum absolute atomic E-state index is 13.3. The molecular weight excluding hydrogens is 470 g/mol. The predicted molar refractivity (Wildman–Crippen MR) is 132 cm³/mol. The summed E-state index contributed by atoms with van der Waals surface area (Å²) in [7, 11) is -1.97. The quantitative estimate of drug-likeness (QED) is 0.339. The van der Waals surface area contributed by atoms with Gasteiger partial charge in [-0.1, -0.05) is 49.4 Å². The highest BCUT2D eigenvalue weighted by Crippen LogP contribution is 2.47. The SMILES string of the molecule is COP(=O)(CCc1cnc(-c2ccccc2)nc1C(C)Cc1ccc(F)cc1)C[C@@H](O)CC(=O)O. The van der Waals surface area contributed by atoms with Gasteiger partial charge in [0.1, 0.15) is 5.82 Å². The van der Waals surface area contributed by atoms with Gasteiger partial charge in [-0.3, -0.25) is 9.36 Å². The molecule has 1 aromatic heterocycles. The van der Waals surface area contributed by atoms with E-state index in [-0.39, 0.29) is 24.1 Å². The molecule has 3 atom stereocenters. The summed E-state index contributed by atoms with van der Waals surface area (Å²) in [6.45, 7) is 2.02. The molecule has 0 spiro atoms. The van der Waals surface area contributed by atoms with Crippen LogP contribution in [0.4, 0.5) is 4.39 Å². The van der Waals surface area contributed by atoms with Crippen LogP contribution in [0.2, 0.25) is 0 Å². The molecule has 35 heavy (non-hydrogen) atoms. The van der Waals surface area contributed by atoms with E-state index in [9.17, 15) is 18.9 Å². The highest BCUT2D eigenvalue weighted by Gasteiger charge is 2.28. The van der Waals surface area contributed by atoms with Crippen molar-refractivity contribution in [3.63, 3.8) is 0 Å². The Morgan fingerprint density at radius 2 is 1.83 bits per heavy atom. The van der Waals surface area contributed by atoms with Crippen LogP contribution < -0.4 is 0 Å². The minimum Gasteiger partial charge on any atom is -0.481 e. The second kappa shape index (κ2) is 12.2. The number of aliphatic hydroxyl groups excluding tert-OH is 1. The number of nitrogens with zero attached hydrogens (tertiary/aromatic N) is 2. The first-order chi connectivity index (χ1) is 16.7. The Kier molecular flexibility index (Phi) is 9.26. The van der Waals surface area contributed by atoms with Crippen LogP contribution in [-0.4, -0.2) is 51.7 Å². The number of carbonyl (C=O) groups is 1. The standard InChI is InChI=1S/C26H30FN2O5P/c1-18(14-19-8-10-22(27)11-9-19)25-21(16-28-26(29-25)20-6-4-3-5-7-20)12-13-35(33,34-2)17-23(30)15-24(31)32/h3-11,16,18,23,30H,12-15,17H2,1-2H3,(H,31,32)/t18?,23-,35?/m0/s1. The number of aliphatic hydroxyl groups is 1. The highest BCUT2D eigenvalue weighted by molar-refractivity contribution is 7.59. The summed E-state index contributed by atoms with van der Waals surface area (Å²) in [6, 6.07) is 15.9. The molecule has 0 aliphatic rings. The Hall–Kier alpha value is -2.93. The van der Waals surface area contributed by atoms with Gasteiger partial charge in [-0.15, -0.1) is 0 Å². The molecule has 2 N–H and O–H groups in total. The number of hydrogen-bond donors (Lipinski definition) is 2. The normalized spacial score (nSPS) is 14.7. The van der Waals surface area contributed by atoms with Gasteiger partial charge in [0, 0.05) is 30.9 Å². The van der Waals surface area contributed by atoms with Crippen LogP contribution in [0, 0.1) is 5.82 Å². The molecule has 0 bridgehead atoms. The maximum atomic E-state index is 13.3. The number of aliphatic carboxylic acids is 1. The number of aryl methyl sites for hydroxylation is 1. The zero-order valence-electron chi connectivity index (χ0n) is 19.8. The van der Waals surface area contributed by atoms with Crippen LogP contribution in [0.3, 0.4) is 0 Å². The number of benzene rings is 2. The first kappa shape index (κ1) is 26.7. The van der Waals surface area contributed by atoms with Gasteiger partial charge in [0.25, 0.3) is 0 Å². The first-order valence-electron chi connectivity index (χ1n) is 11.4. The van der Waals surface area contributed by atoms with Crippen molar-refractivity contribution in [2.24, 2.45) is 0 Å². The van der Waals surface area contributed by atoms with Crippen molar-refractivity contribution >= 4 is 13.3 Å². The molecule has 1 heterocycles. The molecule has 7 nitrogen and oxygen atoms in total. The van der Waals surface area contributed by atoms with E-state index in [0.717, 1.165) is 22.4 Å². The summed E-state index contributed by atoms with van der Waals surface area (Å²) >= 11 is 0. The lowest BCUT2D eigenvalue weighted by Crippen LogP contribution is -2.19. The summed E-state index contributed by atoms with van der Waals surface area (Å²) < 4.78 is 31.8. The summed E-state index contributed by atoms with van der Waals surface area (Å²) in [5.41, 5.74) is 3.42. The average Bonchev–Trinajstić information content (AvgIpc) is 2.84. The number of halogens is 1. The smallest absolute Gasteiger partial charge is 0.305 e. The molecule has 0 radical (unpaired) electrons. The van der Waals surface area contributed by atoms with E-state index in [1.54, 1.807) is 18.3 Å². The van der Waals surface area contributed by atoms with Crippen molar-refractivity contribution < 1.29 is 28.5 Å². The molecule has 0 saturated carbocycles. The first-order valence-corrected chi connectivity index (χ1v) is 13.4. The Labute approximate surface area is 204 Å². The van der Waals surface area contributed by atoms with Crippen molar-refractivity contribution in [1.29, 1.82) is 0 Å². The Bertz CT molecular complexity index is 1170. The Morgan fingerprint density at radius 1 is 1.14 bits per heavy atom. The molecule has 186 valence electrons. The van der Waals surface area contributed by atoms with Crippen LogP contribution in [0.25, 0.3) is 11.4 Å². The largest absolute Gasteiger partial charge is 0.481 e. The number of aromatic nitrogens is 2. The summed E-state index contributed by atoms with van der Waals surface area (Å²) in [5.74, 6) is -0.930. The zero-order valence-corrected chi connectivity index (χ0v) is 20.7. The van der Waals surface area contributed by atoms with E-state index in [2.05, 4.69) is 4.98 Å². The fraction of sp³-hybridized carbons (Fsp3) is 0.346. The Balaban J connectivity index is 1.86. The van der Waals surface area contributed by atoms with E-state index in [4.69, 9.17) is 14.6 Å². The van der Waals surface area contributed by atoms with Crippen molar-refractivity contribution in [3.05, 3.63) is 83.4 Å². The van der Waals surface area contributed by atoms with E-state index in [1.165, 1.54) is 19.2 Å². The van der Waals surface area contributed by atoms with Gasteiger partial charge in [-0.2, -0.15) is 0 Å². The van der Waals surface area contributed by atoms with Gasteiger partial charge >= 0.3 is 5.97 Å². The molecule has 9 heteroatoms. The van der Waals surface area contributed by atoms with Crippen molar-refractivity contribution in [3.8, 4) is 11.4 Å². The molecule has 2 aromatic carbocycles. The minimum atomic E-state index is -3.28. The number of rotatable bonds is 12. The molecule has 0 fully saturated rings. The van der Waals surface area contributed by atoms with Crippen LogP contribution >= 0.6 is 7.37 Å². The molecular formula is C26H30FN2O5P. The van der Waals surface area contributed by atoms with Crippen molar-refractivity contribution in [2.75, 3.05) is 19.4 Å². The highest BCUT2D eigenvalue weighted by atomic mass is 31.2. The maximum Gasteiger partial charge on any atom is 0.305 e. The van der Waals surface area contributed by atoms with E-state index < -0.39 is 25.9 Å². The van der Waals surface area contributed by atoms with Gasteiger partial charge in [0.15, 0.2) is 5.82 Å². The molecule has 3 rings (SSSR count). The van der Waals surface area contributed by atoms with Gasteiger partial charge in [0.05, 0.1) is 24.4 Å². The van der Waals surface area contributed by atoms with Crippen LogP contribution in [-0.2, 0) is 26.7 Å².